The Labute approximate surface area is 123 Å². The Morgan fingerprint density at radius 1 is 1.26 bits per heavy atom. The van der Waals surface area contributed by atoms with Crippen molar-refractivity contribution in [1.82, 2.24) is 0 Å². The number of hydrogen-bond acceptors (Lipinski definition) is 2. The van der Waals surface area contributed by atoms with Gasteiger partial charge < -0.3 is 4.74 Å². The summed E-state index contributed by atoms with van der Waals surface area (Å²) in [4.78, 5) is 11.8. The predicted octanol–water partition coefficient (Wildman–Crippen LogP) is 4.50. The molecule has 2 nitrogen and oxygen atoms in total. The van der Waals surface area contributed by atoms with Crippen molar-refractivity contribution < 1.29 is 13.9 Å². The second-order valence-electron chi connectivity index (χ2n) is 3.77. The Hall–Kier alpha value is -1.39. The van der Waals surface area contributed by atoms with Gasteiger partial charge in [-0.1, -0.05) is 23.7 Å². The summed E-state index contributed by atoms with van der Waals surface area (Å²) in [6.45, 7) is -0.235. The smallest absolute Gasteiger partial charge is 0.203 e. The zero-order chi connectivity index (χ0) is 13.8. The molecule has 0 spiro atoms. The minimum atomic E-state index is -0.550. The summed E-state index contributed by atoms with van der Waals surface area (Å²) in [6.07, 6.45) is 0. The predicted molar refractivity (Wildman–Crippen MR) is 75.4 cm³/mol. The van der Waals surface area contributed by atoms with Gasteiger partial charge in [0.05, 0.1) is 10.0 Å². The van der Waals surface area contributed by atoms with Crippen LogP contribution in [-0.4, -0.2) is 12.4 Å². The summed E-state index contributed by atoms with van der Waals surface area (Å²) >= 11 is 9.07. The van der Waals surface area contributed by atoms with Gasteiger partial charge in [0, 0.05) is 5.02 Å². The Bertz CT molecular complexity index is 616. The highest BCUT2D eigenvalue weighted by Crippen LogP contribution is 2.28. The van der Waals surface area contributed by atoms with Crippen LogP contribution >= 0.6 is 27.5 Å². The Morgan fingerprint density at radius 3 is 2.68 bits per heavy atom. The topological polar surface area (TPSA) is 26.3 Å². The summed E-state index contributed by atoms with van der Waals surface area (Å²) in [5, 5.41) is 0.555. The van der Waals surface area contributed by atoms with Crippen LogP contribution in [0.4, 0.5) is 4.39 Å². The molecule has 98 valence electrons. The molecular weight excluding hydrogens is 335 g/mol. The van der Waals surface area contributed by atoms with Crippen molar-refractivity contribution >= 4 is 33.3 Å². The zero-order valence-electron chi connectivity index (χ0n) is 9.70. The standard InChI is InChI=1S/C14H9BrClFO2/c15-11-7-9(16)5-6-14(11)19-8-13(18)10-3-1-2-4-12(10)17/h1-7H,8H2. The van der Waals surface area contributed by atoms with E-state index in [0.29, 0.717) is 15.2 Å². The van der Waals surface area contributed by atoms with Crippen LogP contribution < -0.4 is 4.74 Å². The number of hydrogen-bond donors (Lipinski definition) is 0. The van der Waals surface area contributed by atoms with Gasteiger partial charge in [-0.15, -0.1) is 0 Å². The SMILES string of the molecule is O=C(COc1ccc(Cl)cc1Br)c1ccccc1F. The molecule has 2 rings (SSSR count). The van der Waals surface area contributed by atoms with E-state index in [1.54, 1.807) is 24.3 Å². The van der Waals surface area contributed by atoms with Gasteiger partial charge in [0.1, 0.15) is 11.6 Å². The third kappa shape index (κ3) is 3.55. The van der Waals surface area contributed by atoms with E-state index in [1.165, 1.54) is 18.2 Å². The normalized spacial score (nSPS) is 10.3. The largest absolute Gasteiger partial charge is 0.484 e. The number of rotatable bonds is 4. The van der Waals surface area contributed by atoms with Gasteiger partial charge in [-0.2, -0.15) is 0 Å². The molecule has 0 heterocycles. The number of benzene rings is 2. The minimum absolute atomic E-state index is 0.0209. The summed E-state index contributed by atoms with van der Waals surface area (Å²) in [6, 6.07) is 10.8. The van der Waals surface area contributed by atoms with Gasteiger partial charge >= 0.3 is 0 Å². The fourth-order valence-electron chi connectivity index (χ4n) is 1.50. The highest BCUT2D eigenvalue weighted by Gasteiger charge is 2.12. The van der Waals surface area contributed by atoms with Crippen LogP contribution in [0.2, 0.25) is 5.02 Å². The van der Waals surface area contributed by atoms with Gasteiger partial charge in [-0.25, -0.2) is 4.39 Å². The lowest BCUT2D eigenvalue weighted by molar-refractivity contribution is 0.0917. The molecule has 0 aliphatic carbocycles. The molecule has 2 aromatic rings. The third-order valence-corrected chi connectivity index (χ3v) is 3.28. The zero-order valence-corrected chi connectivity index (χ0v) is 12.0. The molecule has 0 bridgehead atoms. The molecule has 0 radical (unpaired) electrons. The summed E-state index contributed by atoms with van der Waals surface area (Å²) in [5.41, 5.74) is 0.0209. The maximum atomic E-state index is 13.4. The molecule has 0 fully saturated rings. The highest BCUT2D eigenvalue weighted by atomic mass is 79.9. The van der Waals surface area contributed by atoms with Gasteiger partial charge in [-0.05, 0) is 46.3 Å². The van der Waals surface area contributed by atoms with Crippen LogP contribution in [0, 0.1) is 5.82 Å². The van der Waals surface area contributed by atoms with Crippen molar-refractivity contribution in [2.45, 2.75) is 0 Å². The van der Waals surface area contributed by atoms with Crippen LogP contribution in [-0.2, 0) is 0 Å². The second-order valence-corrected chi connectivity index (χ2v) is 5.06. The highest BCUT2D eigenvalue weighted by molar-refractivity contribution is 9.10. The molecule has 0 aliphatic rings. The molecule has 0 unspecified atom stereocenters. The molecular formula is C14H9BrClFO2. The van der Waals surface area contributed by atoms with Crippen molar-refractivity contribution in [1.29, 1.82) is 0 Å². The van der Waals surface area contributed by atoms with E-state index in [9.17, 15) is 9.18 Å². The average molecular weight is 344 g/mol. The van der Waals surface area contributed by atoms with E-state index in [-0.39, 0.29) is 12.2 Å². The lowest BCUT2D eigenvalue weighted by atomic mass is 10.1. The van der Waals surface area contributed by atoms with E-state index in [0.717, 1.165) is 0 Å². The average Bonchev–Trinajstić information content (AvgIpc) is 2.38. The summed E-state index contributed by atoms with van der Waals surface area (Å²) in [7, 11) is 0. The molecule has 0 aliphatic heterocycles. The number of carbonyl (C=O) groups is 1. The van der Waals surface area contributed by atoms with Crippen LogP contribution in [0.25, 0.3) is 0 Å². The lowest BCUT2D eigenvalue weighted by Crippen LogP contribution is -2.13. The summed E-state index contributed by atoms with van der Waals surface area (Å²) < 4.78 is 19.4. The molecule has 0 amide bonds. The van der Waals surface area contributed by atoms with E-state index in [2.05, 4.69) is 15.9 Å². The Morgan fingerprint density at radius 2 is 2.00 bits per heavy atom. The molecule has 0 N–H and O–H groups in total. The maximum Gasteiger partial charge on any atom is 0.203 e. The first kappa shape index (κ1) is 14.0. The first-order chi connectivity index (χ1) is 9.08. The fourth-order valence-corrected chi connectivity index (χ4v) is 2.30. The minimum Gasteiger partial charge on any atom is -0.484 e. The molecule has 5 heteroatoms. The number of carbonyl (C=O) groups excluding carboxylic acids is 1. The van der Waals surface area contributed by atoms with Crippen molar-refractivity contribution in [3.63, 3.8) is 0 Å². The van der Waals surface area contributed by atoms with Gasteiger partial charge in [-0.3, -0.25) is 4.79 Å². The van der Waals surface area contributed by atoms with Gasteiger partial charge in [0.25, 0.3) is 0 Å². The van der Waals surface area contributed by atoms with E-state index in [4.69, 9.17) is 16.3 Å². The Balaban J connectivity index is 2.07. The number of halogens is 3. The molecule has 0 saturated carbocycles. The molecule has 0 atom stereocenters. The number of Topliss-reactive ketones (excluding diaryl/α,β-unsaturated/α-hetero) is 1. The monoisotopic (exact) mass is 342 g/mol. The van der Waals surface area contributed by atoms with E-state index < -0.39 is 11.6 Å². The van der Waals surface area contributed by atoms with Crippen LogP contribution in [0.5, 0.6) is 5.75 Å². The number of ether oxygens (including phenoxy) is 1. The van der Waals surface area contributed by atoms with Crippen molar-refractivity contribution in [3.05, 3.63) is 63.3 Å². The van der Waals surface area contributed by atoms with Crippen LogP contribution in [0.15, 0.2) is 46.9 Å². The van der Waals surface area contributed by atoms with Gasteiger partial charge in [0.15, 0.2) is 6.61 Å². The molecule has 2 aromatic carbocycles. The second kappa shape index (κ2) is 6.17. The first-order valence-electron chi connectivity index (χ1n) is 5.43. The van der Waals surface area contributed by atoms with Crippen molar-refractivity contribution in [3.8, 4) is 5.75 Å². The molecule has 19 heavy (non-hydrogen) atoms. The van der Waals surface area contributed by atoms with E-state index >= 15 is 0 Å². The van der Waals surface area contributed by atoms with Crippen molar-refractivity contribution in [2.75, 3.05) is 6.61 Å². The first-order valence-corrected chi connectivity index (χ1v) is 6.60. The third-order valence-electron chi connectivity index (χ3n) is 2.43. The molecule has 0 aromatic heterocycles. The van der Waals surface area contributed by atoms with Crippen LogP contribution in [0.1, 0.15) is 10.4 Å². The van der Waals surface area contributed by atoms with Gasteiger partial charge in [0.2, 0.25) is 5.78 Å². The quantitative estimate of drug-likeness (QED) is 0.764. The number of ketones is 1. The lowest BCUT2D eigenvalue weighted by Gasteiger charge is -2.08. The van der Waals surface area contributed by atoms with Crippen molar-refractivity contribution in [2.24, 2.45) is 0 Å². The molecule has 0 saturated heterocycles. The Kier molecular flexibility index (Phi) is 4.56. The summed E-state index contributed by atoms with van der Waals surface area (Å²) in [5.74, 6) is -0.486. The maximum absolute atomic E-state index is 13.4. The van der Waals surface area contributed by atoms with E-state index in [1.807, 2.05) is 0 Å². The van der Waals surface area contributed by atoms with Crippen LogP contribution in [0.3, 0.4) is 0 Å². The fraction of sp³-hybridized carbons (Fsp3) is 0.0714.